The zero-order chi connectivity index (χ0) is 13.8. The first-order chi connectivity index (χ1) is 9.11. The second kappa shape index (κ2) is 5.86. The molecule has 0 aromatic carbocycles. The summed E-state index contributed by atoms with van der Waals surface area (Å²) in [6.07, 6.45) is 6.88. The van der Waals surface area contributed by atoms with Gasteiger partial charge in [0, 0.05) is 13.1 Å². The van der Waals surface area contributed by atoms with E-state index >= 15 is 0 Å². The SMILES string of the molecule is CCOC(=O)C1CCCN(C(=O)n2cc[n+](C)c2)C1. The quantitative estimate of drug-likeness (QED) is 0.580. The van der Waals surface area contributed by atoms with E-state index in [-0.39, 0.29) is 17.9 Å². The second-order valence-electron chi connectivity index (χ2n) is 4.81. The number of amides is 1. The molecule has 1 fully saturated rings. The van der Waals surface area contributed by atoms with Crippen LogP contribution in [0.1, 0.15) is 19.8 Å². The number of hydrogen-bond donors (Lipinski definition) is 0. The maximum absolute atomic E-state index is 12.3. The molecule has 0 bridgehead atoms. The minimum absolute atomic E-state index is 0.0883. The van der Waals surface area contributed by atoms with Crippen molar-refractivity contribution in [1.82, 2.24) is 9.47 Å². The molecule has 1 amide bonds. The Morgan fingerprint density at radius 1 is 1.47 bits per heavy atom. The van der Waals surface area contributed by atoms with Crippen LogP contribution in [0.4, 0.5) is 4.79 Å². The molecule has 19 heavy (non-hydrogen) atoms. The summed E-state index contributed by atoms with van der Waals surface area (Å²) in [4.78, 5) is 25.7. The van der Waals surface area contributed by atoms with E-state index in [0.717, 1.165) is 12.8 Å². The van der Waals surface area contributed by atoms with Crippen LogP contribution in [0.2, 0.25) is 0 Å². The topological polar surface area (TPSA) is 55.4 Å². The highest BCUT2D eigenvalue weighted by molar-refractivity contribution is 5.78. The van der Waals surface area contributed by atoms with E-state index in [1.807, 2.05) is 17.8 Å². The third kappa shape index (κ3) is 3.13. The first kappa shape index (κ1) is 13.6. The Bertz CT molecular complexity index is 469. The predicted molar refractivity (Wildman–Crippen MR) is 67.3 cm³/mol. The Labute approximate surface area is 112 Å². The fourth-order valence-corrected chi connectivity index (χ4v) is 2.33. The molecule has 1 unspecified atom stereocenters. The summed E-state index contributed by atoms with van der Waals surface area (Å²) < 4.78 is 8.38. The monoisotopic (exact) mass is 266 g/mol. The number of likely N-dealkylation sites (tertiary alicyclic amines) is 1. The fraction of sp³-hybridized carbons (Fsp3) is 0.615. The van der Waals surface area contributed by atoms with Gasteiger partial charge in [-0.15, -0.1) is 0 Å². The highest BCUT2D eigenvalue weighted by Crippen LogP contribution is 2.18. The van der Waals surface area contributed by atoms with Crippen LogP contribution in [0.3, 0.4) is 0 Å². The van der Waals surface area contributed by atoms with Crippen LogP contribution in [-0.2, 0) is 16.6 Å². The third-order valence-corrected chi connectivity index (χ3v) is 3.30. The number of imidazole rings is 1. The van der Waals surface area contributed by atoms with Crippen LogP contribution in [0, 0.1) is 5.92 Å². The highest BCUT2D eigenvalue weighted by atomic mass is 16.5. The van der Waals surface area contributed by atoms with Crippen molar-refractivity contribution in [3.63, 3.8) is 0 Å². The zero-order valence-corrected chi connectivity index (χ0v) is 11.4. The summed E-state index contributed by atoms with van der Waals surface area (Å²) in [6, 6.07) is -0.0883. The van der Waals surface area contributed by atoms with Crippen LogP contribution in [0.25, 0.3) is 0 Å². The van der Waals surface area contributed by atoms with Crippen molar-refractivity contribution in [2.24, 2.45) is 13.0 Å². The minimum Gasteiger partial charge on any atom is -0.466 e. The van der Waals surface area contributed by atoms with Gasteiger partial charge >= 0.3 is 12.0 Å². The maximum Gasteiger partial charge on any atom is 0.415 e. The van der Waals surface area contributed by atoms with E-state index in [1.165, 1.54) is 4.57 Å². The smallest absolute Gasteiger partial charge is 0.415 e. The zero-order valence-electron chi connectivity index (χ0n) is 11.4. The number of piperidine rings is 1. The number of hydrogen-bond acceptors (Lipinski definition) is 3. The Morgan fingerprint density at radius 3 is 2.89 bits per heavy atom. The van der Waals surface area contributed by atoms with Crippen LogP contribution in [0.15, 0.2) is 18.7 Å². The molecule has 1 aromatic heterocycles. The van der Waals surface area contributed by atoms with Crippen LogP contribution in [-0.4, -0.2) is 41.2 Å². The van der Waals surface area contributed by atoms with Crippen molar-refractivity contribution in [3.05, 3.63) is 18.7 Å². The van der Waals surface area contributed by atoms with Gasteiger partial charge in [0.1, 0.15) is 12.4 Å². The Kier molecular flexibility index (Phi) is 4.19. The normalized spacial score (nSPS) is 19.3. The second-order valence-corrected chi connectivity index (χ2v) is 4.81. The lowest BCUT2D eigenvalue weighted by molar-refractivity contribution is -0.670. The van der Waals surface area contributed by atoms with Gasteiger partial charge in [-0.3, -0.25) is 4.79 Å². The minimum atomic E-state index is -0.196. The third-order valence-electron chi connectivity index (χ3n) is 3.30. The molecule has 2 heterocycles. The largest absolute Gasteiger partial charge is 0.466 e. The van der Waals surface area contributed by atoms with Crippen LogP contribution in [0.5, 0.6) is 0 Å². The standard InChI is InChI=1S/C13H20N3O3/c1-3-19-12(17)11-5-4-6-15(9-11)13(18)16-8-7-14(2)10-16/h7-8,10-11H,3-6,9H2,1-2H3/q+1. The number of esters is 1. The summed E-state index contributed by atoms with van der Waals surface area (Å²) in [5.41, 5.74) is 0. The van der Waals surface area contributed by atoms with Gasteiger partial charge in [0.05, 0.1) is 19.6 Å². The average Bonchev–Trinajstić information content (AvgIpc) is 2.85. The summed E-state index contributed by atoms with van der Waals surface area (Å²) >= 11 is 0. The number of carbonyl (C=O) groups is 2. The van der Waals surface area contributed by atoms with Crippen molar-refractivity contribution >= 4 is 12.0 Å². The van der Waals surface area contributed by atoms with Gasteiger partial charge in [0.2, 0.25) is 0 Å². The molecule has 6 nitrogen and oxygen atoms in total. The molecule has 1 aliphatic heterocycles. The molecule has 1 aliphatic rings. The molecular weight excluding hydrogens is 246 g/mol. The van der Waals surface area contributed by atoms with Gasteiger partial charge < -0.3 is 9.64 Å². The molecule has 2 rings (SSSR count). The number of rotatable bonds is 2. The molecule has 0 radical (unpaired) electrons. The van der Waals surface area contributed by atoms with Gasteiger partial charge in [0.25, 0.3) is 6.33 Å². The fourth-order valence-electron chi connectivity index (χ4n) is 2.33. The average molecular weight is 266 g/mol. The van der Waals surface area contributed by atoms with Crippen molar-refractivity contribution in [2.45, 2.75) is 19.8 Å². The molecule has 1 saturated heterocycles. The van der Waals surface area contributed by atoms with Crippen molar-refractivity contribution in [1.29, 1.82) is 0 Å². The number of carbonyl (C=O) groups excluding carboxylic acids is 2. The lowest BCUT2D eigenvalue weighted by atomic mass is 9.98. The Hall–Kier alpha value is -1.85. The number of aromatic nitrogens is 2. The summed E-state index contributed by atoms with van der Waals surface area (Å²) in [6.45, 7) is 3.32. The van der Waals surface area contributed by atoms with Gasteiger partial charge in [-0.05, 0) is 19.8 Å². The van der Waals surface area contributed by atoms with E-state index in [9.17, 15) is 9.59 Å². The molecule has 1 atom stereocenters. The van der Waals surface area contributed by atoms with Gasteiger partial charge in [0.15, 0.2) is 0 Å². The number of ether oxygens (including phenoxy) is 1. The highest BCUT2D eigenvalue weighted by Gasteiger charge is 2.31. The molecular formula is C13H20N3O3+. The molecule has 104 valence electrons. The van der Waals surface area contributed by atoms with E-state index < -0.39 is 0 Å². The number of nitrogens with zero attached hydrogens (tertiary/aromatic N) is 3. The van der Waals surface area contributed by atoms with Gasteiger partial charge in [-0.1, -0.05) is 0 Å². The van der Waals surface area contributed by atoms with Crippen LogP contribution < -0.4 is 4.57 Å². The van der Waals surface area contributed by atoms with Crippen molar-refractivity contribution in [3.8, 4) is 0 Å². The Morgan fingerprint density at radius 2 is 2.26 bits per heavy atom. The van der Waals surface area contributed by atoms with E-state index in [2.05, 4.69) is 0 Å². The molecule has 1 aromatic rings. The summed E-state index contributed by atoms with van der Waals surface area (Å²) in [5, 5.41) is 0. The van der Waals surface area contributed by atoms with Crippen molar-refractivity contribution in [2.75, 3.05) is 19.7 Å². The van der Waals surface area contributed by atoms with Gasteiger partial charge in [-0.2, -0.15) is 4.57 Å². The summed E-state index contributed by atoms with van der Waals surface area (Å²) in [7, 11) is 1.86. The first-order valence-electron chi connectivity index (χ1n) is 6.61. The maximum atomic E-state index is 12.3. The lowest BCUT2D eigenvalue weighted by Crippen LogP contribution is -2.44. The van der Waals surface area contributed by atoms with Crippen molar-refractivity contribution < 1.29 is 18.9 Å². The van der Waals surface area contributed by atoms with E-state index in [0.29, 0.717) is 19.7 Å². The number of aryl methyl sites for hydroxylation is 1. The molecule has 0 saturated carbocycles. The summed E-state index contributed by atoms with van der Waals surface area (Å²) in [5.74, 6) is -0.389. The lowest BCUT2D eigenvalue weighted by Gasteiger charge is -2.29. The Balaban J connectivity index is 2.01. The molecule has 0 spiro atoms. The molecule has 6 heteroatoms. The molecule has 0 N–H and O–H groups in total. The first-order valence-corrected chi connectivity index (χ1v) is 6.61. The van der Waals surface area contributed by atoms with E-state index in [4.69, 9.17) is 4.74 Å². The predicted octanol–water partition coefficient (Wildman–Crippen LogP) is 0.556. The van der Waals surface area contributed by atoms with E-state index in [1.54, 1.807) is 24.3 Å². The van der Waals surface area contributed by atoms with Gasteiger partial charge in [-0.25, -0.2) is 9.36 Å². The molecule has 0 aliphatic carbocycles. The van der Waals surface area contributed by atoms with Crippen LogP contribution >= 0.6 is 0 Å².